The lowest BCUT2D eigenvalue weighted by atomic mass is 9.83. The van der Waals surface area contributed by atoms with E-state index in [0.29, 0.717) is 52.1 Å². The Labute approximate surface area is 510 Å². The number of hydrogen-bond donors (Lipinski definition) is 5. The van der Waals surface area contributed by atoms with E-state index in [0.717, 1.165) is 136 Å². The number of nitrogens with zero attached hydrogens (tertiary/aromatic N) is 8. The average molecular weight is 1190 g/mol. The minimum absolute atomic E-state index is 0.0983. The van der Waals surface area contributed by atoms with Crippen LogP contribution in [-0.2, 0) is 38.4 Å². The van der Waals surface area contributed by atoms with Gasteiger partial charge < -0.3 is 65.8 Å². The fourth-order valence-corrected chi connectivity index (χ4v) is 9.40. The summed E-state index contributed by atoms with van der Waals surface area (Å²) >= 11 is 0. The first-order valence-electron chi connectivity index (χ1n) is 32.3. The summed E-state index contributed by atoms with van der Waals surface area (Å²) in [4.78, 5) is 129. The second-order valence-electron chi connectivity index (χ2n) is 24.6. The molecule has 21 heteroatoms. The van der Waals surface area contributed by atoms with Gasteiger partial charge in [-0.25, -0.2) is 0 Å². The van der Waals surface area contributed by atoms with E-state index in [1.54, 1.807) is 0 Å². The van der Waals surface area contributed by atoms with Gasteiger partial charge >= 0.3 is 0 Å². The Hall–Kier alpha value is -3.96. The highest BCUT2D eigenvalue weighted by Gasteiger charge is 2.34. The Morgan fingerprint density at radius 1 is 0.286 bits per heavy atom. The van der Waals surface area contributed by atoms with Gasteiger partial charge in [0.2, 0.25) is 29.5 Å². The van der Waals surface area contributed by atoms with E-state index in [2.05, 4.69) is 136 Å². The lowest BCUT2D eigenvalue weighted by molar-refractivity contribution is -0.137. The SMILES string of the molecule is CCCCCCNC(=O)CC(CC(=O)CC(CC)C(=O)NCCCCCC)C(=O)CC(CC(=O)CC(CC(=O)NCCN(C)CCN(C)CCN(C)CCN(C)C)C(=O)NCCCC)C(=O)NCCN(C)CCN(C)CCN(C)CCN(C)C. The minimum Gasteiger partial charge on any atom is -0.356 e. The highest BCUT2D eigenvalue weighted by Crippen LogP contribution is 2.24. The molecule has 0 aliphatic rings. The monoisotopic (exact) mass is 1190 g/mol. The quantitative estimate of drug-likeness (QED) is 0.0550. The minimum atomic E-state index is -1.18. The predicted octanol–water partition coefficient (Wildman–Crippen LogP) is 3.55. The Balaban J connectivity index is 6.48. The summed E-state index contributed by atoms with van der Waals surface area (Å²) in [5.74, 6) is -7.16. The number of carbonyl (C=O) groups excluding carboxylic acids is 8. The molecule has 0 saturated heterocycles. The first kappa shape index (κ1) is 80.0. The standard InChI is InChI=1S/C63H125N13O8/c1-15-19-22-24-27-64-59(80)50-53(46-56(77)45-52(18-4)61(82)67-28-25-23-20-16-2)58(79)49-54(62(83)68-30-32-72(10)38-40-76(14)44-42-74(12)36-34-70(7)8)47-57(78)48-55(63(84)66-26-21-17-3)51-60(81)65-29-31-71(9)37-39-75(13)43-41-73(11)35-33-69(5)6/h52-55H,15-51H2,1-14H3,(H,64,80)(H,65,81)(H,66,84)(H,67,82)(H,68,83). The van der Waals surface area contributed by atoms with Crippen LogP contribution in [0, 0.1) is 23.7 Å². The zero-order chi connectivity index (χ0) is 63.2. The summed E-state index contributed by atoms with van der Waals surface area (Å²) in [6.07, 6.45) is 7.59. The molecule has 0 aromatic rings. The van der Waals surface area contributed by atoms with E-state index in [1.165, 1.54) is 0 Å². The fraction of sp³-hybridized carbons (Fsp3) is 0.873. The third-order valence-corrected chi connectivity index (χ3v) is 15.7. The van der Waals surface area contributed by atoms with Crippen molar-refractivity contribution in [1.29, 1.82) is 0 Å². The molecule has 0 rings (SSSR count). The number of likely N-dealkylation sites (N-methyl/N-ethyl adjacent to an activating group) is 8. The van der Waals surface area contributed by atoms with Crippen molar-refractivity contribution in [2.75, 3.05) is 195 Å². The Morgan fingerprint density at radius 2 is 0.583 bits per heavy atom. The van der Waals surface area contributed by atoms with Crippen molar-refractivity contribution in [3.05, 3.63) is 0 Å². The third kappa shape index (κ3) is 43.6. The van der Waals surface area contributed by atoms with Gasteiger partial charge in [-0.3, -0.25) is 38.4 Å². The van der Waals surface area contributed by atoms with Gasteiger partial charge in [0.25, 0.3) is 0 Å². The van der Waals surface area contributed by atoms with Gasteiger partial charge in [-0.1, -0.05) is 72.6 Å². The number of rotatable bonds is 56. The Bertz CT molecular complexity index is 1810. The van der Waals surface area contributed by atoms with E-state index < -0.39 is 65.8 Å². The average Bonchev–Trinajstić information content (AvgIpc) is 3.63. The molecule has 0 saturated carbocycles. The van der Waals surface area contributed by atoms with Gasteiger partial charge in [-0.15, -0.1) is 0 Å². The van der Waals surface area contributed by atoms with Crippen LogP contribution in [0.1, 0.15) is 143 Å². The van der Waals surface area contributed by atoms with Gasteiger partial charge in [-0.05, 0) is 96.2 Å². The van der Waals surface area contributed by atoms with Gasteiger partial charge in [0.1, 0.15) is 17.3 Å². The number of amides is 5. The zero-order valence-electron chi connectivity index (χ0n) is 55.8. The predicted molar refractivity (Wildman–Crippen MR) is 342 cm³/mol. The van der Waals surface area contributed by atoms with Crippen LogP contribution in [-0.4, -0.2) is 281 Å². The van der Waals surface area contributed by atoms with Crippen LogP contribution >= 0.6 is 0 Å². The van der Waals surface area contributed by atoms with Crippen LogP contribution in [0.4, 0.5) is 0 Å². The van der Waals surface area contributed by atoms with Gasteiger partial charge in [-0.2, -0.15) is 0 Å². The smallest absolute Gasteiger partial charge is 0.224 e. The molecular formula is C63H125N13O8. The Kier molecular flexibility index (Phi) is 47.7. The van der Waals surface area contributed by atoms with E-state index in [1.807, 2.05) is 27.9 Å². The molecule has 4 unspecified atom stereocenters. The number of nitrogens with one attached hydrogen (secondary N) is 5. The maximum absolute atomic E-state index is 14.6. The fourth-order valence-electron chi connectivity index (χ4n) is 9.40. The molecule has 0 aliphatic heterocycles. The molecule has 0 fully saturated rings. The van der Waals surface area contributed by atoms with Crippen molar-refractivity contribution in [2.45, 2.75) is 143 Å². The van der Waals surface area contributed by atoms with Crippen molar-refractivity contribution in [3.63, 3.8) is 0 Å². The third-order valence-electron chi connectivity index (χ3n) is 15.7. The first-order chi connectivity index (χ1) is 39.9. The van der Waals surface area contributed by atoms with Crippen LogP contribution in [0.15, 0.2) is 0 Å². The molecule has 0 aromatic carbocycles. The maximum Gasteiger partial charge on any atom is 0.224 e. The van der Waals surface area contributed by atoms with E-state index >= 15 is 0 Å². The zero-order valence-corrected chi connectivity index (χ0v) is 55.8. The molecule has 4 atom stereocenters. The number of unbranched alkanes of at least 4 members (excludes halogenated alkanes) is 7. The van der Waals surface area contributed by atoms with Crippen LogP contribution in [0.25, 0.3) is 0 Å². The lowest BCUT2D eigenvalue weighted by Gasteiger charge is -2.25. The van der Waals surface area contributed by atoms with E-state index in [4.69, 9.17) is 0 Å². The molecule has 5 amide bonds. The first-order valence-corrected chi connectivity index (χ1v) is 32.3. The van der Waals surface area contributed by atoms with Crippen molar-refractivity contribution in [2.24, 2.45) is 23.7 Å². The van der Waals surface area contributed by atoms with Crippen LogP contribution < -0.4 is 26.6 Å². The number of Topliss-reactive ketones (excluding diaryl/α,β-unsaturated/α-hetero) is 3. The number of carbonyl (C=O) groups is 8. The highest BCUT2D eigenvalue weighted by atomic mass is 16.2. The molecule has 0 aliphatic carbocycles. The second-order valence-corrected chi connectivity index (χ2v) is 24.6. The number of hydrogen-bond acceptors (Lipinski definition) is 16. The van der Waals surface area contributed by atoms with Gasteiger partial charge in [0.15, 0.2) is 0 Å². The summed E-state index contributed by atoms with van der Waals surface area (Å²) in [6, 6.07) is 0. The Morgan fingerprint density at radius 3 is 0.988 bits per heavy atom. The summed E-state index contributed by atoms with van der Waals surface area (Å²) in [6.45, 7) is 21.9. The summed E-state index contributed by atoms with van der Waals surface area (Å²) in [5.41, 5.74) is 0. The van der Waals surface area contributed by atoms with Crippen molar-refractivity contribution in [1.82, 2.24) is 65.8 Å². The van der Waals surface area contributed by atoms with Gasteiger partial charge in [0, 0.05) is 181 Å². The molecule has 490 valence electrons. The van der Waals surface area contributed by atoms with Crippen molar-refractivity contribution < 1.29 is 38.4 Å². The number of ketones is 3. The lowest BCUT2D eigenvalue weighted by Crippen LogP contribution is -2.41. The maximum atomic E-state index is 14.6. The highest BCUT2D eigenvalue weighted by molar-refractivity contribution is 5.97. The molecule has 0 bridgehead atoms. The van der Waals surface area contributed by atoms with Crippen LogP contribution in [0.5, 0.6) is 0 Å². The molecule has 0 aromatic heterocycles. The van der Waals surface area contributed by atoms with Crippen molar-refractivity contribution in [3.8, 4) is 0 Å². The van der Waals surface area contributed by atoms with E-state index in [9.17, 15) is 38.4 Å². The topological polar surface area (TPSA) is 223 Å². The molecule has 0 heterocycles. The summed E-state index contributed by atoms with van der Waals surface area (Å²) in [5, 5.41) is 14.7. The molecule has 0 radical (unpaired) electrons. The van der Waals surface area contributed by atoms with Crippen LogP contribution in [0.2, 0.25) is 0 Å². The van der Waals surface area contributed by atoms with Crippen molar-refractivity contribution >= 4 is 46.9 Å². The van der Waals surface area contributed by atoms with Gasteiger partial charge in [0.05, 0.1) is 11.8 Å². The molecule has 84 heavy (non-hydrogen) atoms. The molecular weight excluding hydrogens is 1070 g/mol. The van der Waals surface area contributed by atoms with Crippen LogP contribution in [0.3, 0.4) is 0 Å². The second kappa shape index (κ2) is 50.1. The molecule has 21 nitrogen and oxygen atoms in total. The molecule has 5 N–H and O–H groups in total. The summed E-state index contributed by atoms with van der Waals surface area (Å²) in [7, 11) is 20.7. The molecule has 0 spiro atoms. The normalized spacial score (nSPS) is 13.3. The summed E-state index contributed by atoms with van der Waals surface area (Å²) < 4.78 is 0. The largest absolute Gasteiger partial charge is 0.356 e. The van der Waals surface area contributed by atoms with E-state index in [-0.39, 0.29) is 56.2 Å².